The Kier molecular flexibility index (Phi) is 3.82. The molecule has 0 aliphatic heterocycles. The maximum atomic E-state index is 11.7. The molecular formula is C6H12F3NO. The molecular weight excluding hydrogens is 159 g/mol. The standard InChI is InChI=1S/C6H12F3NO/c1-2-3-4(11)5(10)6(7,8)9/h4-5,11H,2-3,10H2,1H3. The molecule has 5 heteroatoms. The minimum absolute atomic E-state index is 0.0840. The summed E-state index contributed by atoms with van der Waals surface area (Å²) >= 11 is 0. The van der Waals surface area contributed by atoms with Crippen molar-refractivity contribution in [3.63, 3.8) is 0 Å². The second-order valence-electron chi connectivity index (χ2n) is 2.42. The van der Waals surface area contributed by atoms with Gasteiger partial charge in [-0.15, -0.1) is 0 Å². The third-order valence-electron chi connectivity index (χ3n) is 1.38. The SMILES string of the molecule is CCCC(O)C(N)C(F)(F)F. The summed E-state index contributed by atoms with van der Waals surface area (Å²) in [7, 11) is 0. The summed E-state index contributed by atoms with van der Waals surface area (Å²) in [5.41, 5.74) is 4.71. The zero-order valence-electron chi connectivity index (χ0n) is 6.23. The second-order valence-corrected chi connectivity index (χ2v) is 2.42. The predicted octanol–water partition coefficient (Wildman–Crippen LogP) is 1.04. The first-order valence-electron chi connectivity index (χ1n) is 3.40. The summed E-state index contributed by atoms with van der Waals surface area (Å²) in [6.07, 6.45) is -5.39. The van der Waals surface area contributed by atoms with Crippen LogP contribution >= 0.6 is 0 Å². The second kappa shape index (κ2) is 3.92. The third kappa shape index (κ3) is 3.57. The molecule has 0 saturated heterocycles. The zero-order valence-corrected chi connectivity index (χ0v) is 6.23. The van der Waals surface area contributed by atoms with Crippen LogP contribution in [0.15, 0.2) is 0 Å². The summed E-state index contributed by atoms with van der Waals surface area (Å²) in [5.74, 6) is 0. The Hall–Kier alpha value is -0.290. The molecule has 0 amide bonds. The van der Waals surface area contributed by atoms with Crippen molar-refractivity contribution in [3.05, 3.63) is 0 Å². The van der Waals surface area contributed by atoms with Crippen LogP contribution in [0.1, 0.15) is 19.8 Å². The Morgan fingerprint density at radius 1 is 1.45 bits per heavy atom. The van der Waals surface area contributed by atoms with Crippen molar-refractivity contribution in [3.8, 4) is 0 Å². The molecule has 11 heavy (non-hydrogen) atoms. The molecule has 0 rings (SSSR count). The van der Waals surface area contributed by atoms with E-state index in [1.807, 2.05) is 0 Å². The fraction of sp³-hybridized carbons (Fsp3) is 1.00. The van der Waals surface area contributed by atoms with E-state index in [9.17, 15) is 13.2 Å². The van der Waals surface area contributed by atoms with Gasteiger partial charge in [0.1, 0.15) is 6.04 Å². The van der Waals surface area contributed by atoms with Crippen molar-refractivity contribution >= 4 is 0 Å². The van der Waals surface area contributed by atoms with E-state index in [1.54, 1.807) is 6.92 Å². The minimum Gasteiger partial charge on any atom is -0.391 e. The normalized spacial score (nSPS) is 18.0. The summed E-state index contributed by atoms with van der Waals surface area (Å²) in [5, 5.41) is 8.81. The van der Waals surface area contributed by atoms with Crippen LogP contribution < -0.4 is 5.73 Å². The Balaban J connectivity index is 3.91. The van der Waals surface area contributed by atoms with Crippen LogP contribution in [-0.2, 0) is 0 Å². The van der Waals surface area contributed by atoms with Crippen molar-refractivity contribution in [2.45, 2.75) is 38.1 Å². The van der Waals surface area contributed by atoms with E-state index in [4.69, 9.17) is 10.8 Å². The Bertz CT molecular complexity index is 115. The van der Waals surface area contributed by atoms with Gasteiger partial charge in [0, 0.05) is 0 Å². The van der Waals surface area contributed by atoms with Gasteiger partial charge < -0.3 is 10.8 Å². The number of alkyl halides is 3. The molecule has 0 heterocycles. The lowest BCUT2D eigenvalue weighted by molar-refractivity contribution is -0.169. The average molecular weight is 171 g/mol. The number of nitrogens with two attached hydrogens (primary N) is 1. The van der Waals surface area contributed by atoms with Crippen LogP contribution in [-0.4, -0.2) is 23.4 Å². The van der Waals surface area contributed by atoms with Gasteiger partial charge >= 0.3 is 6.18 Å². The summed E-state index contributed by atoms with van der Waals surface area (Å²) < 4.78 is 35.2. The van der Waals surface area contributed by atoms with Gasteiger partial charge in [-0.05, 0) is 6.42 Å². The largest absolute Gasteiger partial charge is 0.406 e. The maximum Gasteiger partial charge on any atom is 0.406 e. The van der Waals surface area contributed by atoms with Crippen LogP contribution in [0.3, 0.4) is 0 Å². The van der Waals surface area contributed by atoms with Crippen molar-refractivity contribution in [1.82, 2.24) is 0 Å². The third-order valence-corrected chi connectivity index (χ3v) is 1.38. The molecule has 0 radical (unpaired) electrons. The van der Waals surface area contributed by atoms with Crippen LogP contribution in [0.4, 0.5) is 13.2 Å². The number of aliphatic hydroxyl groups excluding tert-OH is 1. The molecule has 0 saturated carbocycles. The molecule has 0 spiro atoms. The van der Waals surface area contributed by atoms with Gasteiger partial charge in [-0.25, -0.2) is 0 Å². The number of halogens is 3. The number of hydrogen-bond acceptors (Lipinski definition) is 2. The highest BCUT2D eigenvalue weighted by Gasteiger charge is 2.40. The van der Waals surface area contributed by atoms with Crippen molar-refractivity contribution in [2.24, 2.45) is 5.73 Å². The van der Waals surface area contributed by atoms with Gasteiger partial charge in [-0.1, -0.05) is 13.3 Å². The molecule has 0 fully saturated rings. The Morgan fingerprint density at radius 3 is 2.18 bits per heavy atom. The average Bonchev–Trinajstić information content (AvgIpc) is 1.85. The topological polar surface area (TPSA) is 46.2 Å². The first kappa shape index (κ1) is 10.7. The van der Waals surface area contributed by atoms with Gasteiger partial charge in [-0.2, -0.15) is 13.2 Å². The number of hydrogen-bond donors (Lipinski definition) is 2. The van der Waals surface area contributed by atoms with E-state index in [2.05, 4.69) is 0 Å². The van der Waals surface area contributed by atoms with E-state index in [-0.39, 0.29) is 6.42 Å². The van der Waals surface area contributed by atoms with E-state index in [1.165, 1.54) is 0 Å². The molecule has 2 nitrogen and oxygen atoms in total. The predicted molar refractivity (Wildman–Crippen MR) is 34.9 cm³/mol. The van der Waals surface area contributed by atoms with Gasteiger partial charge in [0.25, 0.3) is 0 Å². The van der Waals surface area contributed by atoms with Crippen LogP contribution in [0.25, 0.3) is 0 Å². The smallest absolute Gasteiger partial charge is 0.391 e. The summed E-state index contributed by atoms with van der Waals surface area (Å²) in [4.78, 5) is 0. The van der Waals surface area contributed by atoms with Gasteiger partial charge in [0.2, 0.25) is 0 Å². The lowest BCUT2D eigenvalue weighted by Gasteiger charge is -2.20. The lowest BCUT2D eigenvalue weighted by Crippen LogP contribution is -2.46. The van der Waals surface area contributed by atoms with E-state index >= 15 is 0 Å². The highest BCUT2D eigenvalue weighted by atomic mass is 19.4. The van der Waals surface area contributed by atoms with E-state index in [0.717, 1.165) is 0 Å². The van der Waals surface area contributed by atoms with Gasteiger partial charge in [0.05, 0.1) is 6.10 Å². The first-order valence-corrected chi connectivity index (χ1v) is 3.40. The monoisotopic (exact) mass is 171 g/mol. The molecule has 0 aromatic carbocycles. The highest BCUT2D eigenvalue weighted by Crippen LogP contribution is 2.22. The fourth-order valence-corrected chi connectivity index (χ4v) is 0.693. The maximum absolute atomic E-state index is 11.7. The van der Waals surface area contributed by atoms with Crippen molar-refractivity contribution in [1.29, 1.82) is 0 Å². The molecule has 0 aromatic heterocycles. The molecule has 0 aliphatic carbocycles. The molecule has 3 N–H and O–H groups in total. The molecule has 2 atom stereocenters. The van der Waals surface area contributed by atoms with Crippen LogP contribution in [0.2, 0.25) is 0 Å². The molecule has 0 aliphatic rings. The molecule has 0 bridgehead atoms. The molecule has 0 aromatic rings. The number of rotatable bonds is 3. The van der Waals surface area contributed by atoms with Gasteiger partial charge in [-0.3, -0.25) is 0 Å². The lowest BCUT2D eigenvalue weighted by atomic mass is 10.1. The van der Waals surface area contributed by atoms with Crippen molar-refractivity contribution in [2.75, 3.05) is 0 Å². The van der Waals surface area contributed by atoms with Crippen molar-refractivity contribution < 1.29 is 18.3 Å². The molecule has 2 unspecified atom stereocenters. The van der Waals surface area contributed by atoms with Gasteiger partial charge in [0.15, 0.2) is 0 Å². The Morgan fingerprint density at radius 2 is 1.91 bits per heavy atom. The van der Waals surface area contributed by atoms with E-state index in [0.29, 0.717) is 6.42 Å². The summed E-state index contributed by atoms with van der Waals surface area (Å²) in [6.45, 7) is 1.69. The number of aliphatic hydroxyl groups is 1. The zero-order chi connectivity index (χ0) is 9.07. The molecule has 68 valence electrons. The Labute approximate surface area is 63.2 Å². The highest BCUT2D eigenvalue weighted by molar-refractivity contribution is 4.78. The van der Waals surface area contributed by atoms with Crippen LogP contribution in [0, 0.1) is 0 Å². The van der Waals surface area contributed by atoms with Crippen LogP contribution in [0.5, 0.6) is 0 Å². The first-order chi connectivity index (χ1) is 4.89. The fourth-order valence-electron chi connectivity index (χ4n) is 0.693. The minimum atomic E-state index is -4.49. The van der Waals surface area contributed by atoms with E-state index < -0.39 is 18.3 Å². The quantitative estimate of drug-likeness (QED) is 0.666. The summed E-state index contributed by atoms with van der Waals surface area (Å²) in [6, 6.07) is -2.11.